The van der Waals surface area contributed by atoms with Gasteiger partial charge in [-0.2, -0.15) is 0 Å². The predicted molar refractivity (Wildman–Crippen MR) is 115 cm³/mol. The molecule has 0 bridgehead atoms. The number of nitrogens with one attached hydrogen (secondary N) is 1. The van der Waals surface area contributed by atoms with Gasteiger partial charge in [-0.25, -0.2) is 0 Å². The molecule has 1 fully saturated rings. The van der Waals surface area contributed by atoms with Crippen LogP contribution in [0.2, 0.25) is 0 Å². The van der Waals surface area contributed by atoms with E-state index in [1.807, 2.05) is 24.3 Å². The van der Waals surface area contributed by atoms with Gasteiger partial charge in [-0.3, -0.25) is 4.79 Å². The minimum Gasteiger partial charge on any atom is -0.493 e. The highest BCUT2D eigenvalue weighted by Gasteiger charge is 2.18. The lowest BCUT2D eigenvalue weighted by atomic mass is 10.1. The van der Waals surface area contributed by atoms with Crippen molar-refractivity contribution in [1.29, 1.82) is 0 Å². The number of methoxy groups -OCH3 is 3. The number of hydrogen-bond donors (Lipinski definition) is 1. The van der Waals surface area contributed by atoms with Crippen LogP contribution >= 0.6 is 0 Å². The molecule has 1 heterocycles. The van der Waals surface area contributed by atoms with E-state index in [0.717, 1.165) is 37.2 Å². The van der Waals surface area contributed by atoms with Crippen molar-refractivity contribution in [3.8, 4) is 23.0 Å². The van der Waals surface area contributed by atoms with E-state index in [4.69, 9.17) is 18.9 Å². The summed E-state index contributed by atoms with van der Waals surface area (Å²) in [7, 11) is 6.71. The predicted octanol–water partition coefficient (Wildman–Crippen LogP) is 3.12. The van der Waals surface area contributed by atoms with E-state index in [1.54, 1.807) is 12.1 Å². The number of carbonyl (C=O) groups is 1. The lowest BCUT2D eigenvalue weighted by molar-refractivity contribution is 0.0950. The highest BCUT2D eigenvalue weighted by Crippen LogP contribution is 2.38. The summed E-state index contributed by atoms with van der Waals surface area (Å²) < 4.78 is 22.0. The third kappa shape index (κ3) is 5.36. The second kappa shape index (κ2) is 10.2. The summed E-state index contributed by atoms with van der Waals surface area (Å²) in [5.41, 5.74) is 1.43. The number of ether oxygens (including phenoxy) is 4. The average Bonchev–Trinajstić information content (AvgIpc) is 2.78. The van der Waals surface area contributed by atoms with E-state index in [2.05, 4.69) is 17.3 Å². The number of hydrogen-bond acceptors (Lipinski definition) is 6. The molecule has 0 atom stereocenters. The fraction of sp³-hybridized carbons (Fsp3) is 0.435. The zero-order valence-corrected chi connectivity index (χ0v) is 18.1. The van der Waals surface area contributed by atoms with E-state index in [1.165, 1.54) is 21.3 Å². The number of benzene rings is 2. The molecule has 0 saturated carbocycles. The molecular formula is C23H30N2O5. The van der Waals surface area contributed by atoms with Crippen molar-refractivity contribution in [3.05, 3.63) is 47.5 Å². The molecule has 7 heteroatoms. The number of likely N-dealkylation sites (tertiary alicyclic amines) is 1. The number of piperidine rings is 1. The number of carbonyl (C=O) groups excluding carboxylic acids is 1. The van der Waals surface area contributed by atoms with Gasteiger partial charge in [-0.15, -0.1) is 0 Å². The average molecular weight is 415 g/mol. The summed E-state index contributed by atoms with van der Waals surface area (Å²) in [5, 5.41) is 2.92. The number of amides is 1. The molecule has 1 aliphatic heterocycles. The summed E-state index contributed by atoms with van der Waals surface area (Å²) in [6.07, 6.45) is 2.36. The van der Waals surface area contributed by atoms with E-state index in [-0.39, 0.29) is 12.0 Å². The monoisotopic (exact) mass is 414 g/mol. The third-order valence-electron chi connectivity index (χ3n) is 5.27. The van der Waals surface area contributed by atoms with Gasteiger partial charge in [0.25, 0.3) is 5.91 Å². The van der Waals surface area contributed by atoms with Crippen LogP contribution in [0.4, 0.5) is 0 Å². The first-order valence-electron chi connectivity index (χ1n) is 10.1. The van der Waals surface area contributed by atoms with Crippen molar-refractivity contribution < 1.29 is 23.7 Å². The Morgan fingerprint density at radius 2 is 1.60 bits per heavy atom. The molecule has 0 unspecified atom stereocenters. The van der Waals surface area contributed by atoms with Crippen LogP contribution in [-0.4, -0.2) is 58.4 Å². The lowest BCUT2D eigenvalue weighted by Gasteiger charge is -2.29. The Bertz CT molecular complexity index is 820. The molecule has 7 nitrogen and oxygen atoms in total. The van der Waals surface area contributed by atoms with Crippen LogP contribution in [0, 0.1) is 0 Å². The minimum absolute atomic E-state index is 0.221. The molecule has 30 heavy (non-hydrogen) atoms. The molecule has 0 aliphatic carbocycles. The first-order chi connectivity index (χ1) is 14.5. The Hall–Kier alpha value is -2.93. The van der Waals surface area contributed by atoms with E-state index in [0.29, 0.717) is 29.4 Å². The molecule has 0 aromatic heterocycles. The van der Waals surface area contributed by atoms with Crippen molar-refractivity contribution in [2.45, 2.75) is 25.5 Å². The van der Waals surface area contributed by atoms with Gasteiger partial charge in [0.15, 0.2) is 11.5 Å². The maximum absolute atomic E-state index is 12.6. The van der Waals surface area contributed by atoms with Crippen LogP contribution in [0.5, 0.6) is 23.0 Å². The third-order valence-corrected chi connectivity index (χ3v) is 5.27. The Morgan fingerprint density at radius 3 is 2.13 bits per heavy atom. The highest BCUT2D eigenvalue weighted by molar-refractivity contribution is 5.95. The van der Waals surface area contributed by atoms with Gasteiger partial charge in [-0.05, 0) is 49.7 Å². The van der Waals surface area contributed by atoms with Gasteiger partial charge in [0.2, 0.25) is 5.75 Å². The highest BCUT2D eigenvalue weighted by atomic mass is 16.5. The fourth-order valence-electron chi connectivity index (χ4n) is 3.48. The molecule has 162 valence electrons. The number of rotatable bonds is 8. The zero-order chi connectivity index (χ0) is 21.5. The van der Waals surface area contributed by atoms with Crippen LogP contribution < -0.4 is 24.3 Å². The zero-order valence-electron chi connectivity index (χ0n) is 18.1. The Kier molecular flexibility index (Phi) is 7.41. The van der Waals surface area contributed by atoms with Gasteiger partial charge >= 0.3 is 0 Å². The van der Waals surface area contributed by atoms with Crippen molar-refractivity contribution in [3.63, 3.8) is 0 Å². The molecule has 1 N–H and O–H groups in total. The first-order valence-corrected chi connectivity index (χ1v) is 10.1. The summed E-state index contributed by atoms with van der Waals surface area (Å²) in [5.74, 6) is 1.98. The molecule has 2 aromatic rings. The maximum Gasteiger partial charge on any atom is 0.251 e. The van der Waals surface area contributed by atoms with Crippen LogP contribution in [0.25, 0.3) is 0 Å². The summed E-state index contributed by atoms with van der Waals surface area (Å²) in [4.78, 5) is 14.9. The summed E-state index contributed by atoms with van der Waals surface area (Å²) >= 11 is 0. The van der Waals surface area contributed by atoms with E-state index >= 15 is 0 Å². The molecule has 0 radical (unpaired) electrons. The van der Waals surface area contributed by atoms with Crippen molar-refractivity contribution in [2.24, 2.45) is 0 Å². The van der Waals surface area contributed by atoms with Gasteiger partial charge in [0.1, 0.15) is 11.9 Å². The molecule has 3 rings (SSSR count). The quantitative estimate of drug-likeness (QED) is 0.716. The number of nitrogens with zero attached hydrogens (tertiary/aromatic N) is 1. The van der Waals surface area contributed by atoms with Crippen LogP contribution in [0.15, 0.2) is 36.4 Å². The largest absolute Gasteiger partial charge is 0.493 e. The second-order valence-electron chi connectivity index (χ2n) is 7.36. The lowest BCUT2D eigenvalue weighted by Crippen LogP contribution is -2.35. The molecule has 1 saturated heterocycles. The van der Waals surface area contributed by atoms with Crippen LogP contribution in [-0.2, 0) is 6.54 Å². The van der Waals surface area contributed by atoms with Gasteiger partial charge < -0.3 is 29.2 Å². The normalized spacial score (nSPS) is 14.8. The van der Waals surface area contributed by atoms with Gasteiger partial charge in [0, 0.05) is 25.2 Å². The second-order valence-corrected chi connectivity index (χ2v) is 7.36. The minimum atomic E-state index is -0.221. The molecule has 0 spiro atoms. The first kappa shape index (κ1) is 21.8. The van der Waals surface area contributed by atoms with Crippen molar-refractivity contribution in [1.82, 2.24) is 10.2 Å². The Morgan fingerprint density at radius 1 is 1.00 bits per heavy atom. The standard InChI is InChI=1S/C23H30N2O5/c1-25-11-9-19(10-12-25)30-18-7-5-16(6-8-18)15-24-23(26)17-13-20(27-2)22(29-4)21(14-17)28-3/h5-8,13-14,19H,9-12,15H2,1-4H3,(H,24,26). The fourth-order valence-corrected chi connectivity index (χ4v) is 3.48. The van der Waals surface area contributed by atoms with E-state index in [9.17, 15) is 4.79 Å². The van der Waals surface area contributed by atoms with Gasteiger partial charge in [0.05, 0.1) is 21.3 Å². The SMILES string of the molecule is COc1cc(C(=O)NCc2ccc(OC3CCN(C)CC3)cc2)cc(OC)c1OC. The molecular weight excluding hydrogens is 384 g/mol. The summed E-state index contributed by atoms with van der Waals surface area (Å²) in [6.45, 7) is 2.54. The topological polar surface area (TPSA) is 69.3 Å². The Labute approximate surface area is 177 Å². The Balaban J connectivity index is 1.58. The van der Waals surface area contributed by atoms with Crippen molar-refractivity contribution >= 4 is 5.91 Å². The van der Waals surface area contributed by atoms with E-state index < -0.39 is 0 Å². The van der Waals surface area contributed by atoms with Crippen LogP contribution in [0.1, 0.15) is 28.8 Å². The summed E-state index contributed by atoms with van der Waals surface area (Å²) in [6, 6.07) is 11.1. The molecule has 2 aromatic carbocycles. The maximum atomic E-state index is 12.6. The van der Waals surface area contributed by atoms with Gasteiger partial charge in [-0.1, -0.05) is 12.1 Å². The van der Waals surface area contributed by atoms with Crippen LogP contribution in [0.3, 0.4) is 0 Å². The van der Waals surface area contributed by atoms with Crippen molar-refractivity contribution in [2.75, 3.05) is 41.5 Å². The smallest absolute Gasteiger partial charge is 0.251 e. The molecule has 1 amide bonds. The molecule has 1 aliphatic rings.